The van der Waals surface area contributed by atoms with Crippen molar-refractivity contribution < 1.29 is 0 Å². The van der Waals surface area contributed by atoms with Crippen molar-refractivity contribution in [1.29, 1.82) is 0 Å². The minimum atomic E-state index is 0.466. The summed E-state index contributed by atoms with van der Waals surface area (Å²) in [7, 11) is 2.08. The van der Waals surface area contributed by atoms with Crippen molar-refractivity contribution in [3.8, 4) is 0 Å². The number of rotatable bonds is 5. The van der Waals surface area contributed by atoms with Gasteiger partial charge in [-0.05, 0) is 44.1 Å². The number of nitrogens with zero attached hydrogens (tertiary/aromatic N) is 1. The summed E-state index contributed by atoms with van der Waals surface area (Å²) in [5, 5.41) is 3.41. The third-order valence-electron chi connectivity index (χ3n) is 4.84. The summed E-state index contributed by atoms with van der Waals surface area (Å²) in [4.78, 5) is 2.62. The molecule has 0 saturated carbocycles. The van der Waals surface area contributed by atoms with Crippen molar-refractivity contribution >= 4 is 0 Å². The van der Waals surface area contributed by atoms with Crippen LogP contribution >= 0.6 is 0 Å². The highest BCUT2D eigenvalue weighted by molar-refractivity contribution is 5.32. The standard InChI is InChI=1S/C20H26N2/c1-21-19-12-14-22(15-13-19)16-20(17-8-4-2-5-9-17)18-10-6-3-7-11-18/h2-11,19-21H,12-16H2,1H3. The highest BCUT2D eigenvalue weighted by Gasteiger charge is 2.22. The van der Waals surface area contributed by atoms with Crippen LogP contribution in [0.3, 0.4) is 0 Å². The maximum absolute atomic E-state index is 3.41. The summed E-state index contributed by atoms with van der Waals surface area (Å²) in [5.41, 5.74) is 2.84. The van der Waals surface area contributed by atoms with Gasteiger partial charge in [-0.25, -0.2) is 0 Å². The Hall–Kier alpha value is -1.64. The lowest BCUT2D eigenvalue weighted by atomic mass is 9.90. The Morgan fingerprint density at radius 3 is 1.86 bits per heavy atom. The average molecular weight is 294 g/mol. The summed E-state index contributed by atoms with van der Waals surface area (Å²) < 4.78 is 0. The van der Waals surface area contributed by atoms with E-state index in [1.165, 1.54) is 37.1 Å². The number of piperidine rings is 1. The summed E-state index contributed by atoms with van der Waals surface area (Å²) in [6.45, 7) is 3.51. The molecule has 116 valence electrons. The molecule has 0 bridgehead atoms. The summed E-state index contributed by atoms with van der Waals surface area (Å²) in [5.74, 6) is 0.466. The van der Waals surface area contributed by atoms with Gasteiger partial charge in [0.2, 0.25) is 0 Å². The third kappa shape index (κ3) is 3.76. The Kier molecular flexibility index (Phi) is 5.25. The molecule has 2 heteroatoms. The highest BCUT2D eigenvalue weighted by atomic mass is 15.1. The van der Waals surface area contributed by atoms with Crippen LogP contribution in [0.25, 0.3) is 0 Å². The van der Waals surface area contributed by atoms with Crippen LogP contribution in [0, 0.1) is 0 Å². The highest BCUT2D eigenvalue weighted by Crippen LogP contribution is 2.26. The first-order valence-corrected chi connectivity index (χ1v) is 8.36. The third-order valence-corrected chi connectivity index (χ3v) is 4.84. The molecule has 2 aromatic rings. The number of benzene rings is 2. The molecule has 1 saturated heterocycles. The van der Waals surface area contributed by atoms with Crippen LogP contribution in [0.1, 0.15) is 29.9 Å². The number of hydrogen-bond acceptors (Lipinski definition) is 2. The molecule has 1 aliphatic heterocycles. The molecule has 1 heterocycles. The molecule has 1 N–H and O–H groups in total. The van der Waals surface area contributed by atoms with Gasteiger partial charge >= 0.3 is 0 Å². The van der Waals surface area contributed by atoms with E-state index in [9.17, 15) is 0 Å². The molecule has 0 radical (unpaired) electrons. The van der Waals surface area contributed by atoms with Gasteiger partial charge in [-0.2, -0.15) is 0 Å². The van der Waals surface area contributed by atoms with E-state index >= 15 is 0 Å². The van der Waals surface area contributed by atoms with Crippen LogP contribution in [0.2, 0.25) is 0 Å². The maximum Gasteiger partial charge on any atom is 0.0217 e. The van der Waals surface area contributed by atoms with Gasteiger partial charge < -0.3 is 10.2 Å². The van der Waals surface area contributed by atoms with Gasteiger partial charge in [-0.15, -0.1) is 0 Å². The second kappa shape index (κ2) is 7.57. The monoisotopic (exact) mass is 294 g/mol. The molecule has 1 fully saturated rings. The van der Waals surface area contributed by atoms with Crippen molar-refractivity contribution in [1.82, 2.24) is 10.2 Å². The van der Waals surface area contributed by atoms with Gasteiger partial charge in [-0.3, -0.25) is 0 Å². The Bertz CT molecular complexity index is 505. The van der Waals surface area contributed by atoms with E-state index in [2.05, 4.69) is 77.9 Å². The van der Waals surface area contributed by atoms with Gasteiger partial charge in [0, 0.05) is 18.5 Å². The minimum Gasteiger partial charge on any atom is -0.317 e. The normalized spacial score (nSPS) is 17.0. The van der Waals surface area contributed by atoms with E-state index in [-0.39, 0.29) is 0 Å². The smallest absolute Gasteiger partial charge is 0.0217 e. The van der Waals surface area contributed by atoms with E-state index in [1.807, 2.05) is 0 Å². The van der Waals surface area contributed by atoms with Gasteiger partial charge in [-0.1, -0.05) is 60.7 Å². The summed E-state index contributed by atoms with van der Waals surface area (Å²) >= 11 is 0. The van der Waals surface area contributed by atoms with E-state index in [0.717, 1.165) is 6.54 Å². The van der Waals surface area contributed by atoms with Gasteiger partial charge in [0.15, 0.2) is 0 Å². The lowest BCUT2D eigenvalue weighted by molar-refractivity contribution is 0.197. The number of likely N-dealkylation sites (tertiary alicyclic amines) is 1. The molecule has 0 amide bonds. The zero-order chi connectivity index (χ0) is 15.2. The van der Waals surface area contributed by atoms with Crippen LogP contribution in [-0.4, -0.2) is 37.6 Å². The van der Waals surface area contributed by atoms with Gasteiger partial charge in [0.25, 0.3) is 0 Å². The summed E-state index contributed by atoms with van der Waals surface area (Å²) in [6, 6.07) is 22.6. The predicted molar refractivity (Wildman–Crippen MR) is 93.2 cm³/mol. The molecule has 3 rings (SSSR count). The van der Waals surface area contributed by atoms with Crippen LogP contribution < -0.4 is 5.32 Å². The molecule has 2 aromatic carbocycles. The Balaban J connectivity index is 1.75. The van der Waals surface area contributed by atoms with Crippen LogP contribution in [0.4, 0.5) is 0 Å². The summed E-state index contributed by atoms with van der Waals surface area (Å²) in [6.07, 6.45) is 2.51. The van der Waals surface area contributed by atoms with Gasteiger partial charge in [0.05, 0.1) is 0 Å². The second-order valence-electron chi connectivity index (χ2n) is 6.24. The van der Waals surface area contributed by atoms with Crippen LogP contribution in [-0.2, 0) is 0 Å². The predicted octanol–water partition coefficient (Wildman–Crippen LogP) is 3.50. The zero-order valence-electron chi connectivity index (χ0n) is 13.4. The second-order valence-corrected chi connectivity index (χ2v) is 6.24. The molecule has 0 atom stereocenters. The number of nitrogens with one attached hydrogen (secondary N) is 1. The Morgan fingerprint density at radius 2 is 1.41 bits per heavy atom. The minimum absolute atomic E-state index is 0.466. The largest absolute Gasteiger partial charge is 0.317 e. The molecule has 1 aliphatic rings. The van der Waals surface area contributed by atoms with E-state index in [1.54, 1.807) is 0 Å². The van der Waals surface area contributed by atoms with E-state index in [0.29, 0.717) is 12.0 Å². The Labute approximate surface area is 134 Å². The SMILES string of the molecule is CNC1CCN(CC(c2ccccc2)c2ccccc2)CC1. The molecular formula is C20H26N2. The fraction of sp³-hybridized carbons (Fsp3) is 0.400. The molecule has 0 spiro atoms. The first kappa shape index (κ1) is 15.3. The lowest BCUT2D eigenvalue weighted by Gasteiger charge is -2.34. The fourth-order valence-electron chi connectivity index (χ4n) is 3.44. The lowest BCUT2D eigenvalue weighted by Crippen LogP contribution is -2.42. The molecule has 0 aromatic heterocycles. The Morgan fingerprint density at radius 1 is 0.909 bits per heavy atom. The van der Waals surface area contributed by atoms with Crippen molar-refractivity contribution in [2.24, 2.45) is 0 Å². The molecule has 0 unspecified atom stereocenters. The topological polar surface area (TPSA) is 15.3 Å². The quantitative estimate of drug-likeness (QED) is 0.908. The van der Waals surface area contributed by atoms with Crippen molar-refractivity contribution in [2.75, 3.05) is 26.7 Å². The van der Waals surface area contributed by atoms with E-state index in [4.69, 9.17) is 0 Å². The van der Waals surface area contributed by atoms with Crippen molar-refractivity contribution in [2.45, 2.75) is 24.8 Å². The number of hydrogen-bond donors (Lipinski definition) is 1. The van der Waals surface area contributed by atoms with Crippen molar-refractivity contribution in [3.05, 3.63) is 71.8 Å². The molecule has 2 nitrogen and oxygen atoms in total. The maximum atomic E-state index is 3.41. The van der Waals surface area contributed by atoms with Crippen molar-refractivity contribution in [3.63, 3.8) is 0 Å². The first-order valence-electron chi connectivity index (χ1n) is 8.36. The first-order chi connectivity index (χ1) is 10.9. The fourth-order valence-corrected chi connectivity index (χ4v) is 3.44. The zero-order valence-corrected chi connectivity index (χ0v) is 13.4. The van der Waals surface area contributed by atoms with Gasteiger partial charge in [0.1, 0.15) is 0 Å². The molecule has 22 heavy (non-hydrogen) atoms. The van der Waals surface area contributed by atoms with Crippen LogP contribution in [0.5, 0.6) is 0 Å². The average Bonchev–Trinajstić information content (AvgIpc) is 2.62. The van der Waals surface area contributed by atoms with Crippen LogP contribution in [0.15, 0.2) is 60.7 Å². The molecule has 0 aliphatic carbocycles. The van der Waals surface area contributed by atoms with E-state index < -0.39 is 0 Å². The molecular weight excluding hydrogens is 268 g/mol.